The number of carbonyl (C=O) groups excluding carboxylic acids is 3. The van der Waals surface area contributed by atoms with Crippen LogP contribution >= 0.6 is 0 Å². The van der Waals surface area contributed by atoms with Crippen molar-refractivity contribution >= 4 is 18.3 Å². The molecule has 0 aromatic carbocycles. The van der Waals surface area contributed by atoms with E-state index >= 15 is 0 Å². The molecule has 0 fully saturated rings. The lowest BCUT2D eigenvalue weighted by Crippen LogP contribution is -2.52. The molecule has 1 unspecified atom stereocenters. The number of carbonyl (C=O) groups is 3. The molecule has 0 rings (SSSR count). The average Bonchev–Trinajstić information content (AvgIpc) is 2.45. The van der Waals surface area contributed by atoms with Crippen molar-refractivity contribution in [1.29, 1.82) is 0 Å². The van der Waals surface area contributed by atoms with E-state index in [-0.39, 0.29) is 12.5 Å². The van der Waals surface area contributed by atoms with Crippen LogP contribution in [0.4, 0.5) is 0 Å². The lowest BCUT2D eigenvalue weighted by Gasteiger charge is -2.32. The van der Waals surface area contributed by atoms with Crippen LogP contribution in [0.2, 0.25) is 0 Å². The number of ether oxygens (including phenoxy) is 3. The van der Waals surface area contributed by atoms with Crippen molar-refractivity contribution in [3.05, 3.63) is 0 Å². The maximum Gasteiger partial charge on any atom is 0.308 e. The summed E-state index contributed by atoms with van der Waals surface area (Å²) in [6.07, 6.45) is -1.37. The Balaban J connectivity index is 0. The van der Waals surface area contributed by atoms with Crippen LogP contribution in [0.15, 0.2) is 0 Å². The molecule has 0 bridgehead atoms. The van der Waals surface area contributed by atoms with Crippen molar-refractivity contribution in [3.63, 3.8) is 0 Å². The molecule has 9 nitrogen and oxygen atoms in total. The van der Waals surface area contributed by atoms with E-state index in [0.717, 1.165) is 0 Å². The number of amides is 1. The maximum absolute atomic E-state index is 12.3. The molecule has 0 radical (unpaired) electrons. The van der Waals surface area contributed by atoms with Gasteiger partial charge in [0.05, 0.1) is 20.6 Å². The SMILES string of the molecule is CNN(C(=O)C(CC(=O)OC)OC(C)(C)O)C(C)C.COC=O. The Labute approximate surface area is 136 Å². The molecular weight excluding hydrogens is 308 g/mol. The quantitative estimate of drug-likeness (QED) is 0.272. The minimum Gasteiger partial charge on any atom is -0.471 e. The first-order valence-corrected chi connectivity index (χ1v) is 6.97. The Morgan fingerprint density at radius 3 is 2.04 bits per heavy atom. The summed E-state index contributed by atoms with van der Waals surface area (Å²) in [5.41, 5.74) is 2.73. The van der Waals surface area contributed by atoms with Gasteiger partial charge in [0.2, 0.25) is 0 Å². The highest BCUT2D eigenvalue weighted by atomic mass is 16.6. The number of methoxy groups -OCH3 is 2. The summed E-state index contributed by atoms with van der Waals surface area (Å²) < 4.78 is 13.6. The standard InChI is InChI=1S/C12H24N2O5.C2H4O2/c1-8(2)14(13-5)11(16)9(7-10(15)18-6)19-12(3,4)17;1-4-2-3/h8-9,13,17H,7H2,1-6H3;2H,1H3. The fourth-order valence-corrected chi connectivity index (χ4v) is 1.54. The maximum atomic E-state index is 12.3. The van der Waals surface area contributed by atoms with E-state index in [2.05, 4.69) is 14.9 Å². The van der Waals surface area contributed by atoms with E-state index < -0.39 is 23.8 Å². The second-order valence-electron chi connectivity index (χ2n) is 5.19. The second-order valence-corrected chi connectivity index (χ2v) is 5.19. The molecule has 0 aromatic rings. The summed E-state index contributed by atoms with van der Waals surface area (Å²) in [7, 11) is 4.14. The van der Waals surface area contributed by atoms with Gasteiger partial charge in [0.25, 0.3) is 12.4 Å². The molecule has 1 atom stereocenters. The molecule has 0 saturated carbocycles. The number of nitrogens with one attached hydrogen (secondary N) is 1. The summed E-state index contributed by atoms with van der Waals surface area (Å²) in [6.45, 7) is 6.79. The first kappa shape index (κ1) is 23.6. The molecule has 0 aliphatic carbocycles. The second kappa shape index (κ2) is 11.8. The molecule has 0 heterocycles. The normalized spacial score (nSPS) is 11.9. The lowest BCUT2D eigenvalue weighted by molar-refractivity contribution is -0.215. The highest BCUT2D eigenvalue weighted by Gasteiger charge is 2.33. The van der Waals surface area contributed by atoms with Crippen LogP contribution in [-0.2, 0) is 28.6 Å². The van der Waals surface area contributed by atoms with Gasteiger partial charge < -0.3 is 19.3 Å². The van der Waals surface area contributed by atoms with Crippen molar-refractivity contribution < 1.29 is 33.7 Å². The van der Waals surface area contributed by atoms with Crippen LogP contribution in [0.1, 0.15) is 34.1 Å². The van der Waals surface area contributed by atoms with Gasteiger partial charge in [-0.05, 0) is 27.7 Å². The number of aliphatic hydroxyl groups is 1. The minimum absolute atomic E-state index is 0.122. The van der Waals surface area contributed by atoms with E-state index in [1.165, 1.54) is 33.1 Å². The largest absolute Gasteiger partial charge is 0.471 e. The Hall–Kier alpha value is -1.71. The lowest BCUT2D eigenvalue weighted by atomic mass is 10.2. The zero-order chi connectivity index (χ0) is 18.6. The van der Waals surface area contributed by atoms with Crippen molar-refractivity contribution in [2.24, 2.45) is 0 Å². The zero-order valence-electron chi connectivity index (χ0n) is 14.8. The van der Waals surface area contributed by atoms with Crippen LogP contribution in [0.5, 0.6) is 0 Å². The predicted molar refractivity (Wildman–Crippen MR) is 81.9 cm³/mol. The van der Waals surface area contributed by atoms with Gasteiger partial charge in [0.15, 0.2) is 11.9 Å². The fraction of sp³-hybridized carbons (Fsp3) is 0.786. The van der Waals surface area contributed by atoms with Crippen molar-refractivity contribution in [3.8, 4) is 0 Å². The van der Waals surface area contributed by atoms with E-state index in [0.29, 0.717) is 6.47 Å². The highest BCUT2D eigenvalue weighted by molar-refractivity contribution is 5.85. The Bertz CT molecular complexity index is 367. The molecule has 0 aromatic heterocycles. The Morgan fingerprint density at radius 2 is 1.78 bits per heavy atom. The van der Waals surface area contributed by atoms with Gasteiger partial charge in [0.1, 0.15) is 0 Å². The predicted octanol–water partition coefficient (Wildman–Crippen LogP) is -0.176. The summed E-state index contributed by atoms with van der Waals surface area (Å²) in [6, 6.07) is -0.122. The van der Waals surface area contributed by atoms with Crippen LogP contribution in [0, 0.1) is 0 Å². The van der Waals surface area contributed by atoms with E-state index in [1.54, 1.807) is 7.05 Å². The van der Waals surface area contributed by atoms with Crippen LogP contribution < -0.4 is 5.43 Å². The number of hydrogen-bond donors (Lipinski definition) is 2. The number of hydrogen-bond acceptors (Lipinski definition) is 8. The third kappa shape index (κ3) is 11.5. The number of hydrazine groups is 1. The van der Waals surface area contributed by atoms with Crippen molar-refractivity contribution in [2.45, 2.75) is 52.0 Å². The summed E-state index contributed by atoms with van der Waals surface area (Å²) in [4.78, 5) is 32.5. The molecule has 0 aliphatic rings. The van der Waals surface area contributed by atoms with Crippen molar-refractivity contribution in [2.75, 3.05) is 21.3 Å². The molecule has 23 heavy (non-hydrogen) atoms. The fourth-order valence-electron chi connectivity index (χ4n) is 1.54. The van der Waals surface area contributed by atoms with E-state index in [1.807, 2.05) is 13.8 Å². The molecule has 1 amide bonds. The van der Waals surface area contributed by atoms with Gasteiger partial charge in [-0.3, -0.25) is 19.4 Å². The van der Waals surface area contributed by atoms with Gasteiger partial charge in [0, 0.05) is 13.1 Å². The molecular formula is C14H28N2O7. The van der Waals surface area contributed by atoms with Crippen LogP contribution in [-0.4, -0.2) is 67.7 Å². The van der Waals surface area contributed by atoms with Crippen molar-refractivity contribution in [1.82, 2.24) is 10.4 Å². The van der Waals surface area contributed by atoms with Gasteiger partial charge in [-0.15, -0.1) is 0 Å². The third-order valence-electron chi connectivity index (χ3n) is 2.38. The molecule has 0 spiro atoms. The topological polar surface area (TPSA) is 114 Å². The third-order valence-corrected chi connectivity index (χ3v) is 2.38. The smallest absolute Gasteiger partial charge is 0.308 e. The first-order chi connectivity index (χ1) is 10.5. The van der Waals surface area contributed by atoms with Gasteiger partial charge in [-0.1, -0.05) is 0 Å². The first-order valence-electron chi connectivity index (χ1n) is 6.97. The van der Waals surface area contributed by atoms with Gasteiger partial charge in [-0.25, -0.2) is 5.43 Å². The number of nitrogens with zero attached hydrogens (tertiary/aromatic N) is 1. The highest BCUT2D eigenvalue weighted by Crippen LogP contribution is 2.14. The Kier molecular flexibility index (Phi) is 12.1. The molecule has 0 aliphatic heterocycles. The zero-order valence-corrected chi connectivity index (χ0v) is 14.8. The number of esters is 1. The monoisotopic (exact) mass is 336 g/mol. The Morgan fingerprint density at radius 1 is 1.30 bits per heavy atom. The average molecular weight is 336 g/mol. The minimum atomic E-state index is -1.52. The van der Waals surface area contributed by atoms with Gasteiger partial charge in [-0.2, -0.15) is 0 Å². The molecule has 2 N–H and O–H groups in total. The van der Waals surface area contributed by atoms with E-state index in [9.17, 15) is 14.7 Å². The summed E-state index contributed by atoms with van der Waals surface area (Å²) in [5, 5.41) is 11.0. The molecule has 136 valence electrons. The number of rotatable bonds is 8. The van der Waals surface area contributed by atoms with E-state index in [4.69, 9.17) is 9.53 Å². The van der Waals surface area contributed by atoms with Gasteiger partial charge >= 0.3 is 5.97 Å². The van der Waals surface area contributed by atoms with Crippen LogP contribution in [0.25, 0.3) is 0 Å². The molecule has 0 saturated heterocycles. The summed E-state index contributed by atoms with van der Waals surface area (Å²) >= 11 is 0. The van der Waals surface area contributed by atoms with Crippen LogP contribution in [0.3, 0.4) is 0 Å². The molecule has 9 heteroatoms. The summed E-state index contributed by atoms with van der Waals surface area (Å²) in [5.74, 6) is -2.54.